The second-order valence-corrected chi connectivity index (χ2v) is 6.62. The van der Waals surface area contributed by atoms with Crippen LogP contribution in [0.5, 0.6) is 0 Å². The Kier molecular flexibility index (Phi) is 4.86. The SMILES string of the molecule is CCOC1CC(CC(N)Cc2ccc(Cl)s2)C1. The topological polar surface area (TPSA) is 35.2 Å². The first-order chi connectivity index (χ1) is 8.17. The molecule has 1 aromatic rings. The van der Waals surface area contributed by atoms with Gasteiger partial charge in [0.1, 0.15) is 0 Å². The quantitative estimate of drug-likeness (QED) is 0.861. The Bertz CT molecular complexity index is 349. The molecule has 0 amide bonds. The van der Waals surface area contributed by atoms with Crippen molar-refractivity contribution in [3.8, 4) is 0 Å². The van der Waals surface area contributed by atoms with Crippen LogP contribution in [0.4, 0.5) is 0 Å². The maximum Gasteiger partial charge on any atom is 0.0931 e. The van der Waals surface area contributed by atoms with Crippen LogP contribution in [-0.2, 0) is 11.2 Å². The monoisotopic (exact) mass is 273 g/mol. The third-order valence-corrected chi connectivity index (χ3v) is 4.58. The van der Waals surface area contributed by atoms with Gasteiger partial charge in [0, 0.05) is 17.5 Å². The Morgan fingerprint density at radius 1 is 1.53 bits per heavy atom. The molecule has 1 heterocycles. The van der Waals surface area contributed by atoms with E-state index in [1.54, 1.807) is 11.3 Å². The summed E-state index contributed by atoms with van der Waals surface area (Å²) in [6.07, 6.45) is 4.93. The fourth-order valence-corrected chi connectivity index (χ4v) is 3.65. The maximum atomic E-state index is 6.17. The lowest BCUT2D eigenvalue weighted by molar-refractivity contribution is -0.0280. The van der Waals surface area contributed by atoms with Crippen molar-refractivity contribution in [3.63, 3.8) is 0 Å². The minimum Gasteiger partial charge on any atom is -0.378 e. The van der Waals surface area contributed by atoms with Gasteiger partial charge in [-0.3, -0.25) is 0 Å². The van der Waals surface area contributed by atoms with Crippen LogP contribution in [0.3, 0.4) is 0 Å². The van der Waals surface area contributed by atoms with Gasteiger partial charge in [-0.15, -0.1) is 11.3 Å². The largest absolute Gasteiger partial charge is 0.378 e. The summed E-state index contributed by atoms with van der Waals surface area (Å²) in [6, 6.07) is 4.29. The van der Waals surface area contributed by atoms with Gasteiger partial charge in [0.05, 0.1) is 10.4 Å². The normalized spacial score (nSPS) is 25.6. The fourth-order valence-electron chi connectivity index (χ4n) is 2.47. The third-order valence-electron chi connectivity index (χ3n) is 3.32. The number of hydrogen-bond acceptors (Lipinski definition) is 3. The molecule has 2 nitrogen and oxygen atoms in total. The number of hydrogen-bond donors (Lipinski definition) is 1. The van der Waals surface area contributed by atoms with E-state index in [2.05, 4.69) is 13.0 Å². The van der Waals surface area contributed by atoms with Gasteiger partial charge < -0.3 is 10.5 Å². The van der Waals surface area contributed by atoms with Crippen LogP contribution < -0.4 is 5.73 Å². The predicted octanol–water partition coefficient (Wildman–Crippen LogP) is 3.48. The molecule has 1 atom stereocenters. The molecular weight excluding hydrogens is 254 g/mol. The average molecular weight is 274 g/mol. The van der Waals surface area contributed by atoms with Crippen molar-refractivity contribution >= 4 is 22.9 Å². The van der Waals surface area contributed by atoms with E-state index in [1.165, 1.54) is 17.7 Å². The van der Waals surface area contributed by atoms with E-state index < -0.39 is 0 Å². The van der Waals surface area contributed by atoms with Crippen molar-refractivity contribution < 1.29 is 4.74 Å². The lowest BCUT2D eigenvalue weighted by atomic mass is 9.78. The average Bonchev–Trinajstić information content (AvgIpc) is 2.61. The standard InChI is InChI=1S/C13H20ClNOS/c1-2-16-11-6-9(7-11)5-10(15)8-12-3-4-13(14)17-12/h3-4,9-11H,2,5-8,15H2,1H3. The lowest BCUT2D eigenvalue weighted by Crippen LogP contribution is -2.36. The van der Waals surface area contributed by atoms with Crippen LogP contribution in [0, 0.1) is 5.92 Å². The van der Waals surface area contributed by atoms with E-state index in [0.29, 0.717) is 6.10 Å². The van der Waals surface area contributed by atoms with Crippen LogP contribution in [0.15, 0.2) is 12.1 Å². The van der Waals surface area contributed by atoms with Gasteiger partial charge in [-0.05, 0) is 50.7 Å². The molecule has 96 valence electrons. The molecule has 1 unspecified atom stereocenters. The Balaban J connectivity index is 1.67. The third kappa shape index (κ3) is 3.95. The van der Waals surface area contributed by atoms with Crippen LogP contribution in [0.1, 0.15) is 31.1 Å². The first-order valence-electron chi connectivity index (χ1n) is 6.28. The van der Waals surface area contributed by atoms with Gasteiger partial charge >= 0.3 is 0 Å². The van der Waals surface area contributed by atoms with Crippen LogP contribution in [0.25, 0.3) is 0 Å². The highest BCUT2D eigenvalue weighted by atomic mass is 35.5. The van der Waals surface area contributed by atoms with Crippen LogP contribution in [0.2, 0.25) is 4.34 Å². The minimum atomic E-state index is 0.261. The van der Waals surface area contributed by atoms with Crippen molar-refractivity contribution in [1.82, 2.24) is 0 Å². The van der Waals surface area contributed by atoms with Crippen molar-refractivity contribution in [2.24, 2.45) is 11.7 Å². The van der Waals surface area contributed by atoms with Crippen molar-refractivity contribution in [2.75, 3.05) is 6.61 Å². The fraction of sp³-hybridized carbons (Fsp3) is 0.692. The zero-order valence-corrected chi connectivity index (χ0v) is 11.8. The molecule has 0 radical (unpaired) electrons. The zero-order valence-electron chi connectivity index (χ0n) is 10.2. The Hall–Kier alpha value is -0.0900. The summed E-state index contributed by atoms with van der Waals surface area (Å²) in [5.74, 6) is 0.761. The molecule has 2 N–H and O–H groups in total. The van der Waals surface area contributed by atoms with Crippen molar-refractivity contribution in [3.05, 3.63) is 21.3 Å². The number of nitrogens with two attached hydrogens (primary N) is 1. The highest BCUT2D eigenvalue weighted by Gasteiger charge is 2.30. The summed E-state index contributed by atoms with van der Waals surface area (Å²) in [7, 11) is 0. The summed E-state index contributed by atoms with van der Waals surface area (Å²) >= 11 is 7.54. The van der Waals surface area contributed by atoms with Crippen LogP contribution >= 0.6 is 22.9 Å². The van der Waals surface area contributed by atoms with E-state index >= 15 is 0 Å². The van der Waals surface area contributed by atoms with E-state index in [4.69, 9.17) is 22.1 Å². The molecule has 0 spiro atoms. The number of rotatable bonds is 6. The van der Waals surface area contributed by atoms with Crippen molar-refractivity contribution in [1.29, 1.82) is 0 Å². The molecule has 0 aromatic carbocycles. The lowest BCUT2D eigenvalue weighted by Gasteiger charge is -2.36. The molecule has 0 aliphatic heterocycles. The zero-order chi connectivity index (χ0) is 12.3. The summed E-state index contributed by atoms with van der Waals surface area (Å²) in [5.41, 5.74) is 6.17. The van der Waals surface area contributed by atoms with Crippen LogP contribution in [-0.4, -0.2) is 18.8 Å². The minimum absolute atomic E-state index is 0.261. The number of thiophene rings is 1. The maximum absolute atomic E-state index is 6.17. The first-order valence-corrected chi connectivity index (χ1v) is 7.48. The van der Waals surface area contributed by atoms with Gasteiger partial charge in [-0.1, -0.05) is 11.6 Å². The molecule has 1 aliphatic carbocycles. The molecule has 1 aliphatic rings. The smallest absolute Gasteiger partial charge is 0.0931 e. The molecule has 1 fully saturated rings. The van der Waals surface area contributed by atoms with E-state index in [-0.39, 0.29) is 6.04 Å². The second kappa shape index (κ2) is 6.19. The Labute approximate surface area is 112 Å². The summed E-state index contributed by atoms with van der Waals surface area (Å²) in [4.78, 5) is 1.29. The molecule has 1 aromatic heterocycles. The summed E-state index contributed by atoms with van der Waals surface area (Å²) in [5, 5.41) is 0. The molecule has 17 heavy (non-hydrogen) atoms. The van der Waals surface area contributed by atoms with E-state index in [9.17, 15) is 0 Å². The Morgan fingerprint density at radius 3 is 2.88 bits per heavy atom. The van der Waals surface area contributed by atoms with E-state index in [0.717, 1.165) is 29.7 Å². The molecule has 1 saturated carbocycles. The number of ether oxygens (including phenoxy) is 1. The van der Waals surface area contributed by atoms with Gasteiger partial charge in [0.25, 0.3) is 0 Å². The molecule has 0 saturated heterocycles. The summed E-state index contributed by atoms with van der Waals surface area (Å²) < 4.78 is 6.41. The first kappa shape index (κ1) is 13.3. The molecule has 4 heteroatoms. The second-order valence-electron chi connectivity index (χ2n) is 4.82. The highest BCUT2D eigenvalue weighted by molar-refractivity contribution is 7.16. The van der Waals surface area contributed by atoms with Gasteiger partial charge in [-0.25, -0.2) is 0 Å². The molecular formula is C13H20ClNOS. The summed E-state index contributed by atoms with van der Waals surface area (Å²) in [6.45, 7) is 2.89. The molecule has 0 bridgehead atoms. The number of halogens is 1. The van der Waals surface area contributed by atoms with E-state index in [1.807, 2.05) is 6.07 Å². The predicted molar refractivity (Wildman–Crippen MR) is 73.8 cm³/mol. The van der Waals surface area contributed by atoms with Gasteiger partial charge in [0.15, 0.2) is 0 Å². The van der Waals surface area contributed by atoms with Gasteiger partial charge in [0.2, 0.25) is 0 Å². The Morgan fingerprint density at radius 2 is 2.29 bits per heavy atom. The van der Waals surface area contributed by atoms with Crippen molar-refractivity contribution in [2.45, 2.75) is 44.8 Å². The van der Waals surface area contributed by atoms with Gasteiger partial charge in [-0.2, -0.15) is 0 Å². The molecule has 2 rings (SSSR count). The highest BCUT2D eigenvalue weighted by Crippen LogP contribution is 2.34.